The van der Waals surface area contributed by atoms with Crippen LogP contribution in [-0.2, 0) is 12.8 Å². The van der Waals surface area contributed by atoms with Gasteiger partial charge in [-0.1, -0.05) is 31.1 Å². The van der Waals surface area contributed by atoms with Crippen LogP contribution in [0.3, 0.4) is 0 Å². The van der Waals surface area contributed by atoms with Crippen LogP contribution >= 0.6 is 0 Å². The number of H-pyrrole nitrogens is 1. The van der Waals surface area contributed by atoms with Crippen LogP contribution in [0.25, 0.3) is 10.9 Å². The number of fused-ring (bicyclic) bond motifs is 3. The van der Waals surface area contributed by atoms with Gasteiger partial charge in [-0.05, 0) is 53.8 Å². The molecule has 0 bridgehead atoms. The van der Waals surface area contributed by atoms with Gasteiger partial charge in [0.1, 0.15) is 17.3 Å². The number of hydrogen-bond acceptors (Lipinski definition) is 4. The number of aromatic amines is 1. The van der Waals surface area contributed by atoms with Crippen molar-refractivity contribution in [2.45, 2.75) is 32.7 Å². The first-order valence-corrected chi connectivity index (χ1v) is 11.1. The van der Waals surface area contributed by atoms with Crippen LogP contribution in [0.4, 0.5) is 4.39 Å². The quantitative estimate of drug-likeness (QED) is 0.451. The van der Waals surface area contributed by atoms with E-state index in [9.17, 15) is 9.18 Å². The molecule has 6 nitrogen and oxygen atoms in total. The molecule has 2 aromatic carbocycles. The summed E-state index contributed by atoms with van der Waals surface area (Å²) in [5, 5.41) is 5.13. The topological polar surface area (TPSA) is 71.4 Å². The molecule has 0 saturated carbocycles. The highest BCUT2D eigenvalue weighted by atomic mass is 19.1. The molecule has 2 aromatic heterocycles. The number of benzene rings is 2. The Morgan fingerprint density at radius 2 is 2.03 bits per heavy atom. The molecule has 0 fully saturated rings. The number of methoxy groups -OCH3 is 1. The van der Waals surface area contributed by atoms with Crippen molar-refractivity contribution in [3.63, 3.8) is 0 Å². The number of aromatic nitrogens is 2. The second-order valence-corrected chi connectivity index (χ2v) is 8.91. The molecule has 0 aliphatic carbocycles. The Morgan fingerprint density at radius 1 is 1.24 bits per heavy atom. The summed E-state index contributed by atoms with van der Waals surface area (Å²) in [5.74, 6) is 1.35. The van der Waals surface area contributed by atoms with Gasteiger partial charge in [0.25, 0.3) is 5.91 Å². The molecule has 1 aliphatic rings. The van der Waals surface area contributed by atoms with E-state index in [-0.39, 0.29) is 11.7 Å². The van der Waals surface area contributed by atoms with Crippen molar-refractivity contribution >= 4 is 16.8 Å². The molecular formula is C26H26FN3O3. The molecule has 1 aliphatic heterocycles. The summed E-state index contributed by atoms with van der Waals surface area (Å²) in [6.07, 6.45) is 1.40. The average molecular weight is 448 g/mol. The van der Waals surface area contributed by atoms with Crippen molar-refractivity contribution in [1.29, 1.82) is 0 Å². The second kappa shape index (κ2) is 8.39. The molecule has 7 heteroatoms. The molecule has 1 N–H and O–H groups in total. The van der Waals surface area contributed by atoms with Crippen LogP contribution in [0.15, 0.2) is 53.1 Å². The van der Waals surface area contributed by atoms with E-state index in [1.807, 2.05) is 18.2 Å². The Morgan fingerprint density at radius 3 is 2.76 bits per heavy atom. The van der Waals surface area contributed by atoms with Crippen molar-refractivity contribution in [2.75, 3.05) is 13.7 Å². The van der Waals surface area contributed by atoms with Gasteiger partial charge in [-0.2, -0.15) is 0 Å². The lowest BCUT2D eigenvalue weighted by Gasteiger charge is -2.35. The van der Waals surface area contributed by atoms with Crippen molar-refractivity contribution < 1.29 is 18.4 Å². The van der Waals surface area contributed by atoms with Gasteiger partial charge in [-0.3, -0.25) is 4.79 Å². The first-order chi connectivity index (χ1) is 15.9. The van der Waals surface area contributed by atoms with Crippen LogP contribution in [0.1, 0.15) is 53.0 Å². The summed E-state index contributed by atoms with van der Waals surface area (Å²) >= 11 is 0. The van der Waals surface area contributed by atoms with Crippen LogP contribution < -0.4 is 4.74 Å². The van der Waals surface area contributed by atoms with Gasteiger partial charge in [0.05, 0.1) is 13.2 Å². The lowest BCUT2D eigenvalue weighted by molar-refractivity contribution is 0.0681. The molecule has 1 atom stereocenters. The highest BCUT2D eigenvalue weighted by molar-refractivity contribution is 5.94. The number of nitrogens with zero attached hydrogens (tertiary/aromatic N) is 2. The van der Waals surface area contributed by atoms with Gasteiger partial charge in [-0.15, -0.1) is 0 Å². The SMILES string of the molecule is COc1ccc2[nH]c3c(c2c1)CCN(C(=O)c1cc(CC(C)C)on1)[C@@H]3c1ccc(F)cc1. The second-order valence-electron chi connectivity index (χ2n) is 8.91. The molecular weight excluding hydrogens is 421 g/mol. The molecule has 170 valence electrons. The summed E-state index contributed by atoms with van der Waals surface area (Å²) in [4.78, 5) is 18.9. The Bertz CT molecular complexity index is 1310. The minimum atomic E-state index is -0.398. The predicted molar refractivity (Wildman–Crippen MR) is 123 cm³/mol. The van der Waals surface area contributed by atoms with Crippen molar-refractivity contribution in [3.05, 3.63) is 82.6 Å². The average Bonchev–Trinajstić information content (AvgIpc) is 3.42. The molecule has 33 heavy (non-hydrogen) atoms. The highest BCUT2D eigenvalue weighted by Crippen LogP contribution is 2.40. The summed E-state index contributed by atoms with van der Waals surface area (Å²) in [7, 11) is 1.65. The molecule has 0 unspecified atom stereocenters. The standard InChI is InChI=1S/C26H26FN3O3/c1-15(2)12-19-14-23(29-33-19)26(31)30-11-10-20-21-13-18(32-3)8-9-22(21)28-24(20)25(30)16-4-6-17(27)7-5-16/h4-9,13-15,25,28H,10-12H2,1-3H3/t25-/m1/s1. The fourth-order valence-electron chi connectivity index (χ4n) is 4.66. The van der Waals surface area contributed by atoms with Gasteiger partial charge in [0.15, 0.2) is 5.69 Å². The molecule has 0 saturated heterocycles. The number of carbonyl (C=O) groups is 1. The predicted octanol–water partition coefficient (Wildman–Crippen LogP) is 5.29. The van der Waals surface area contributed by atoms with Gasteiger partial charge >= 0.3 is 0 Å². The smallest absolute Gasteiger partial charge is 0.276 e. The number of halogens is 1. The minimum Gasteiger partial charge on any atom is -0.497 e. The molecule has 3 heterocycles. The van der Waals surface area contributed by atoms with E-state index in [4.69, 9.17) is 9.26 Å². The number of carbonyl (C=O) groups excluding carboxylic acids is 1. The van der Waals surface area contributed by atoms with E-state index >= 15 is 0 Å². The number of rotatable bonds is 5. The van der Waals surface area contributed by atoms with E-state index in [0.717, 1.165) is 39.9 Å². The zero-order chi connectivity index (χ0) is 23.1. The van der Waals surface area contributed by atoms with Crippen LogP contribution in [-0.4, -0.2) is 34.6 Å². The Labute approximate surface area is 191 Å². The van der Waals surface area contributed by atoms with Gasteiger partial charge in [0.2, 0.25) is 0 Å². The van der Waals surface area contributed by atoms with Crippen molar-refractivity contribution in [2.24, 2.45) is 5.92 Å². The Hall–Kier alpha value is -3.61. The Kier molecular flexibility index (Phi) is 5.40. The summed E-state index contributed by atoms with van der Waals surface area (Å²) in [6.45, 7) is 4.68. The normalized spacial score (nSPS) is 15.8. The number of nitrogens with one attached hydrogen (secondary N) is 1. The molecule has 4 aromatic rings. The van der Waals surface area contributed by atoms with Crippen LogP contribution in [0.5, 0.6) is 5.75 Å². The molecule has 5 rings (SSSR count). The van der Waals surface area contributed by atoms with E-state index in [0.29, 0.717) is 30.3 Å². The number of ether oxygens (including phenoxy) is 1. The minimum absolute atomic E-state index is 0.204. The first kappa shape index (κ1) is 21.2. The molecule has 1 amide bonds. The number of hydrogen-bond donors (Lipinski definition) is 1. The fourth-order valence-corrected chi connectivity index (χ4v) is 4.66. The first-order valence-electron chi connectivity index (χ1n) is 11.1. The summed E-state index contributed by atoms with van der Waals surface area (Å²) in [5.41, 5.74) is 4.16. The van der Waals surface area contributed by atoms with Gasteiger partial charge in [0, 0.05) is 35.6 Å². The van der Waals surface area contributed by atoms with E-state index in [1.54, 1.807) is 30.2 Å². The fraction of sp³-hybridized carbons (Fsp3) is 0.308. The zero-order valence-electron chi connectivity index (χ0n) is 18.9. The van der Waals surface area contributed by atoms with Gasteiger partial charge in [-0.25, -0.2) is 4.39 Å². The third kappa shape index (κ3) is 3.88. The van der Waals surface area contributed by atoms with Crippen molar-refractivity contribution in [1.82, 2.24) is 15.0 Å². The molecule has 0 radical (unpaired) electrons. The number of amides is 1. The maximum absolute atomic E-state index is 13.7. The summed E-state index contributed by atoms with van der Waals surface area (Å²) in [6, 6.07) is 13.6. The highest BCUT2D eigenvalue weighted by Gasteiger charge is 2.36. The van der Waals surface area contributed by atoms with Gasteiger partial charge < -0.3 is 19.1 Å². The maximum atomic E-state index is 13.7. The van der Waals surface area contributed by atoms with Crippen LogP contribution in [0.2, 0.25) is 0 Å². The zero-order valence-corrected chi connectivity index (χ0v) is 18.9. The summed E-state index contributed by atoms with van der Waals surface area (Å²) < 4.78 is 24.5. The monoisotopic (exact) mass is 447 g/mol. The van der Waals surface area contributed by atoms with E-state index < -0.39 is 6.04 Å². The third-order valence-electron chi connectivity index (χ3n) is 6.17. The lowest BCUT2D eigenvalue weighted by Crippen LogP contribution is -2.40. The van der Waals surface area contributed by atoms with E-state index in [2.05, 4.69) is 24.0 Å². The third-order valence-corrected chi connectivity index (χ3v) is 6.17. The lowest BCUT2D eigenvalue weighted by atomic mass is 9.92. The Balaban J connectivity index is 1.59. The largest absolute Gasteiger partial charge is 0.497 e. The molecule has 0 spiro atoms. The van der Waals surface area contributed by atoms with Crippen LogP contribution in [0, 0.1) is 11.7 Å². The van der Waals surface area contributed by atoms with E-state index in [1.165, 1.54) is 12.1 Å². The maximum Gasteiger partial charge on any atom is 0.276 e. The van der Waals surface area contributed by atoms with Crippen molar-refractivity contribution in [3.8, 4) is 5.75 Å².